The van der Waals surface area contributed by atoms with Crippen LogP contribution in [0.5, 0.6) is 5.75 Å². The molecule has 1 N–H and O–H groups in total. The second kappa shape index (κ2) is 4.44. The summed E-state index contributed by atoms with van der Waals surface area (Å²) in [4.78, 5) is 0. The summed E-state index contributed by atoms with van der Waals surface area (Å²) in [5.41, 5.74) is 1.26. The summed E-state index contributed by atoms with van der Waals surface area (Å²) in [6.45, 7) is 2.09. The molecule has 0 heterocycles. The molecule has 0 atom stereocenters. The molecule has 0 aromatic heterocycles. The molecular weight excluding hydrogens is 119 g/mol. The summed E-state index contributed by atoms with van der Waals surface area (Å²) in [6, 6.07) is 7.27. The first-order chi connectivity index (χ1) is 4.33. The summed E-state index contributed by atoms with van der Waals surface area (Å²) < 4.78 is 0. The number of phenols is 1. The molecule has 1 aromatic carbocycles. The molecule has 10 heavy (non-hydrogen) atoms. The Morgan fingerprint density at radius 3 is 2.10 bits per heavy atom. The maximum atomic E-state index is 8.85. The van der Waals surface area contributed by atoms with Gasteiger partial charge in [0.15, 0.2) is 0 Å². The maximum absolute atomic E-state index is 8.85. The first-order valence-corrected chi connectivity index (χ1v) is 3.11. The average Bonchev–Trinajstić information content (AvgIpc) is 1.90. The van der Waals surface area contributed by atoms with Crippen LogP contribution in [0.1, 0.15) is 12.5 Å². The van der Waals surface area contributed by atoms with E-state index in [1.54, 1.807) is 12.1 Å². The molecule has 0 unspecified atom stereocenters. The molecule has 0 spiro atoms. The van der Waals surface area contributed by atoms with Gasteiger partial charge in [-0.1, -0.05) is 19.1 Å². The van der Waals surface area contributed by atoms with Crippen LogP contribution in [0.25, 0.3) is 0 Å². The predicted octanol–water partition coefficient (Wildman–Crippen LogP) is 1.31. The summed E-state index contributed by atoms with van der Waals surface area (Å²) >= 11 is 0. The Balaban J connectivity index is 0.000000810. The standard InChI is InChI=1S/C8H10O.Li.H/c1-2-7-3-5-8(9)6-4-7;;/h3-6,9H,2H2,1H3;;. The summed E-state index contributed by atoms with van der Waals surface area (Å²) in [6.07, 6.45) is 1.03. The SMILES string of the molecule is CCc1ccc(O)cc1.[LiH]. The number of hydrogen-bond donors (Lipinski definition) is 1. The fourth-order valence-electron chi connectivity index (χ4n) is 0.732. The topological polar surface area (TPSA) is 20.2 Å². The second-order valence-electron chi connectivity index (χ2n) is 2.02. The molecule has 0 saturated carbocycles. The van der Waals surface area contributed by atoms with Crippen molar-refractivity contribution >= 4 is 18.9 Å². The minimum atomic E-state index is 0. The molecule has 0 fully saturated rings. The third-order valence-electron chi connectivity index (χ3n) is 1.34. The molecule has 0 radical (unpaired) electrons. The van der Waals surface area contributed by atoms with E-state index in [0.717, 1.165) is 6.42 Å². The number of benzene rings is 1. The Morgan fingerprint density at radius 1 is 1.20 bits per heavy atom. The van der Waals surface area contributed by atoms with Crippen molar-refractivity contribution in [1.29, 1.82) is 0 Å². The van der Waals surface area contributed by atoms with Crippen molar-refractivity contribution in [3.63, 3.8) is 0 Å². The van der Waals surface area contributed by atoms with E-state index in [1.807, 2.05) is 12.1 Å². The molecule has 50 valence electrons. The van der Waals surface area contributed by atoms with Crippen LogP contribution in [0.4, 0.5) is 0 Å². The van der Waals surface area contributed by atoms with Gasteiger partial charge in [0.1, 0.15) is 5.75 Å². The normalized spacial score (nSPS) is 8.50. The number of aromatic hydroxyl groups is 1. The van der Waals surface area contributed by atoms with Gasteiger partial charge in [0.2, 0.25) is 0 Å². The summed E-state index contributed by atoms with van der Waals surface area (Å²) in [5.74, 6) is 0.340. The van der Waals surface area contributed by atoms with Crippen LogP contribution in [-0.2, 0) is 6.42 Å². The van der Waals surface area contributed by atoms with Gasteiger partial charge < -0.3 is 5.11 Å². The van der Waals surface area contributed by atoms with Crippen molar-refractivity contribution in [3.05, 3.63) is 29.8 Å². The van der Waals surface area contributed by atoms with Gasteiger partial charge in [-0.2, -0.15) is 0 Å². The molecule has 0 amide bonds. The van der Waals surface area contributed by atoms with Gasteiger partial charge in [0, 0.05) is 0 Å². The molecular formula is C8H11LiO. The number of rotatable bonds is 1. The number of aryl methyl sites for hydroxylation is 1. The van der Waals surface area contributed by atoms with Gasteiger partial charge in [-0.25, -0.2) is 0 Å². The number of hydrogen-bond acceptors (Lipinski definition) is 1. The molecule has 1 nitrogen and oxygen atoms in total. The minimum absolute atomic E-state index is 0. The Bertz CT molecular complexity index is 181. The fraction of sp³-hybridized carbons (Fsp3) is 0.250. The van der Waals surface area contributed by atoms with E-state index < -0.39 is 0 Å². The monoisotopic (exact) mass is 130 g/mol. The Morgan fingerprint density at radius 2 is 1.70 bits per heavy atom. The predicted molar refractivity (Wildman–Crippen MR) is 44.6 cm³/mol. The van der Waals surface area contributed by atoms with Gasteiger partial charge in [0.05, 0.1) is 0 Å². The molecule has 0 aliphatic carbocycles. The van der Waals surface area contributed by atoms with Gasteiger partial charge in [-0.05, 0) is 24.1 Å². The molecule has 2 heteroatoms. The third-order valence-corrected chi connectivity index (χ3v) is 1.34. The summed E-state index contributed by atoms with van der Waals surface area (Å²) in [5, 5.41) is 8.85. The van der Waals surface area contributed by atoms with E-state index in [1.165, 1.54) is 5.56 Å². The van der Waals surface area contributed by atoms with Crippen molar-refractivity contribution in [2.75, 3.05) is 0 Å². The molecule has 0 bridgehead atoms. The second-order valence-corrected chi connectivity index (χ2v) is 2.02. The zero-order valence-corrected chi connectivity index (χ0v) is 5.46. The zero-order valence-electron chi connectivity index (χ0n) is 5.46. The van der Waals surface area contributed by atoms with Gasteiger partial charge in [-0.15, -0.1) is 0 Å². The van der Waals surface area contributed by atoms with Crippen LogP contribution in [0.2, 0.25) is 0 Å². The van der Waals surface area contributed by atoms with Gasteiger partial charge in [0.25, 0.3) is 0 Å². The van der Waals surface area contributed by atoms with Crippen molar-refractivity contribution in [1.82, 2.24) is 0 Å². The van der Waals surface area contributed by atoms with Crippen LogP contribution in [0.15, 0.2) is 24.3 Å². The van der Waals surface area contributed by atoms with E-state index >= 15 is 0 Å². The average molecular weight is 130 g/mol. The molecule has 1 aromatic rings. The van der Waals surface area contributed by atoms with E-state index in [-0.39, 0.29) is 18.9 Å². The van der Waals surface area contributed by atoms with Crippen molar-refractivity contribution in [2.45, 2.75) is 13.3 Å². The summed E-state index contributed by atoms with van der Waals surface area (Å²) in [7, 11) is 0. The van der Waals surface area contributed by atoms with Crippen LogP contribution < -0.4 is 0 Å². The Hall–Kier alpha value is -0.383. The molecule has 0 aliphatic rings. The van der Waals surface area contributed by atoms with E-state index in [0.29, 0.717) is 5.75 Å². The fourth-order valence-corrected chi connectivity index (χ4v) is 0.732. The zero-order chi connectivity index (χ0) is 6.69. The van der Waals surface area contributed by atoms with Crippen molar-refractivity contribution in [2.24, 2.45) is 0 Å². The van der Waals surface area contributed by atoms with E-state index in [4.69, 9.17) is 5.11 Å². The Labute approximate surface area is 73.3 Å². The van der Waals surface area contributed by atoms with Crippen LogP contribution >= 0.6 is 0 Å². The van der Waals surface area contributed by atoms with Crippen molar-refractivity contribution < 1.29 is 5.11 Å². The van der Waals surface area contributed by atoms with E-state index in [2.05, 4.69) is 6.92 Å². The van der Waals surface area contributed by atoms with Gasteiger partial charge in [-0.3, -0.25) is 0 Å². The van der Waals surface area contributed by atoms with Crippen LogP contribution in [-0.4, -0.2) is 24.0 Å². The van der Waals surface area contributed by atoms with Crippen molar-refractivity contribution in [3.8, 4) is 5.75 Å². The molecule has 0 aliphatic heterocycles. The van der Waals surface area contributed by atoms with Gasteiger partial charge >= 0.3 is 18.9 Å². The third kappa shape index (κ3) is 2.47. The molecule has 1 rings (SSSR count). The first kappa shape index (κ1) is 9.62. The molecule has 0 saturated heterocycles. The van der Waals surface area contributed by atoms with Crippen LogP contribution in [0, 0.1) is 0 Å². The quantitative estimate of drug-likeness (QED) is 0.568. The number of phenolic OH excluding ortho intramolecular Hbond substituents is 1. The first-order valence-electron chi connectivity index (χ1n) is 3.11. The van der Waals surface area contributed by atoms with E-state index in [9.17, 15) is 0 Å². The Kier molecular flexibility index (Phi) is 4.27. The van der Waals surface area contributed by atoms with Crippen LogP contribution in [0.3, 0.4) is 0 Å².